The Morgan fingerprint density at radius 1 is 1.03 bits per heavy atom. The molecular weight excluding hydrogens is 392 g/mol. The molecule has 31 heavy (non-hydrogen) atoms. The zero-order valence-corrected chi connectivity index (χ0v) is 16.5. The minimum absolute atomic E-state index is 0.137. The van der Waals surface area contributed by atoms with Gasteiger partial charge >= 0.3 is 0 Å². The minimum Gasteiger partial charge on any atom is -0.345 e. The molecule has 6 rings (SSSR count). The second-order valence-corrected chi connectivity index (χ2v) is 8.16. The van der Waals surface area contributed by atoms with Crippen LogP contribution in [0.15, 0.2) is 61.1 Å². The van der Waals surface area contributed by atoms with Crippen LogP contribution in [0, 0.1) is 11.8 Å². The standard InChI is InChI=1S/C24H18N4O3/c29-22(14-6-7-14)19-21(16-5-1-3-13-4-2-10-25-20(13)16)28(24(31)23(19)30)15-8-9-17-18(11-15)27-12-26-17/h1-5,8-12,14,19,21H,6-7H2,(H,26,27). The summed E-state index contributed by atoms with van der Waals surface area (Å²) in [7, 11) is 0. The molecule has 152 valence electrons. The number of nitrogens with zero attached hydrogens (tertiary/aromatic N) is 3. The van der Waals surface area contributed by atoms with E-state index in [1.165, 1.54) is 4.90 Å². The van der Waals surface area contributed by atoms with Crippen molar-refractivity contribution in [1.82, 2.24) is 15.0 Å². The second-order valence-electron chi connectivity index (χ2n) is 8.16. The van der Waals surface area contributed by atoms with Crippen molar-refractivity contribution in [3.05, 3.63) is 66.6 Å². The van der Waals surface area contributed by atoms with E-state index in [1.807, 2.05) is 30.3 Å². The highest BCUT2D eigenvalue weighted by atomic mass is 16.2. The summed E-state index contributed by atoms with van der Waals surface area (Å²) >= 11 is 0. The maximum atomic E-state index is 13.2. The number of imidazole rings is 1. The van der Waals surface area contributed by atoms with Crippen LogP contribution in [-0.4, -0.2) is 32.4 Å². The topological polar surface area (TPSA) is 96.0 Å². The molecule has 2 atom stereocenters. The minimum atomic E-state index is -1.02. The summed E-state index contributed by atoms with van der Waals surface area (Å²) in [5.41, 5.74) is 3.47. The lowest BCUT2D eigenvalue weighted by molar-refractivity contribution is -0.139. The van der Waals surface area contributed by atoms with Gasteiger partial charge in [0, 0.05) is 28.8 Å². The van der Waals surface area contributed by atoms with Crippen molar-refractivity contribution in [2.24, 2.45) is 11.8 Å². The molecule has 0 spiro atoms. The van der Waals surface area contributed by atoms with Crippen LogP contribution in [0.4, 0.5) is 5.69 Å². The molecule has 2 aromatic carbocycles. The molecule has 2 fully saturated rings. The molecule has 2 unspecified atom stereocenters. The summed E-state index contributed by atoms with van der Waals surface area (Å²) in [6.07, 6.45) is 4.81. The Kier molecular flexibility index (Phi) is 3.80. The number of nitrogens with one attached hydrogen (secondary N) is 1. The number of carbonyl (C=O) groups is 3. The highest BCUT2D eigenvalue weighted by molar-refractivity contribution is 6.48. The van der Waals surface area contributed by atoms with E-state index in [4.69, 9.17) is 0 Å². The Balaban J connectivity index is 1.58. The number of fused-ring (bicyclic) bond motifs is 2. The zero-order chi connectivity index (χ0) is 21.1. The van der Waals surface area contributed by atoms with Gasteiger partial charge in [0.05, 0.1) is 28.9 Å². The van der Waals surface area contributed by atoms with Crippen LogP contribution in [0.25, 0.3) is 21.9 Å². The average Bonchev–Trinajstić information content (AvgIpc) is 3.49. The summed E-state index contributed by atoms with van der Waals surface area (Å²) in [6.45, 7) is 0. The summed E-state index contributed by atoms with van der Waals surface area (Å²) in [6, 6.07) is 14.1. The van der Waals surface area contributed by atoms with E-state index in [0.717, 1.165) is 29.3 Å². The molecule has 2 aromatic heterocycles. The van der Waals surface area contributed by atoms with Crippen molar-refractivity contribution in [2.45, 2.75) is 18.9 Å². The smallest absolute Gasteiger partial charge is 0.295 e. The zero-order valence-electron chi connectivity index (χ0n) is 16.5. The van der Waals surface area contributed by atoms with E-state index in [-0.39, 0.29) is 11.7 Å². The van der Waals surface area contributed by atoms with Crippen LogP contribution < -0.4 is 4.90 Å². The average molecular weight is 410 g/mol. The fourth-order valence-corrected chi connectivity index (χ4v) is 4.61. The Morgan fingerprint density at radius 3 is 2.71 bits per heavy atom. The maximum Gasteiger partial charge on any atom is 0.295 e. The molecule has 0 bridgehead atoms. The van der Waals surface area contributed by atoms with E-state index in [0.29, 0.717) is 16.8 Å². The molecule has 1 saturated heterocycles. The molecule has 1 N–H and O–H groups in total. The van der Waals surface area contributed by atoms with Gasteiger partial charge in [0.15, 0.2) is 0 Å². The van der Waals surface area contributed by atoms with Crippen LogP contribution in [0.1, 0.15) is 24.4 Å². The fraction of sp³-hybridized carbons (Fsp3) is 0.208. The van der Waals surface area contributed by atoms with E-state index in [1.54, 1.807) is 30.7 Å². The number of hydrogen-bond acceptors (Lipinski definition) is 5. The molecule has 0 radical (unpaired) electrons. The number of para-hydroxylation sites is 1. The van der Waals surface area contributed by atoms with Crippen LogP contribution in [0.2, 0.25) is 0 Å². The van der Waals surface area contributed by atoms with Gasteiger partial charge in [0.25, 0.3) is 5.91 Å². The molecule has 4 aromatic rings. The van der Waals surface area contributed by atoms with Gasteiger partial charge in [-0.25, -0.2) is 4.98 Å². The molecule has 1 aliphatic carbocycles. The first kappa shape index (κ1) is 17.9. The molecule has 1 amide bonds. The number of carbonyl (C=O) groups excluding carboxylic acids is 3. The van der Waals surface area contributed by atoms with Gasteiger partial charge in [-0.15, -0.1) is 0 Å². The number of rotatable bonds is 4. The van der Waals surface area contributed by atoms with Crippen molar-refractivity contribution in [3.8, 4) is 0 Å². The molecule has 2 aliphatic rings. The van der Waals surface area contributed by atoms with Gasteiger partial charge in [-0.3, -0.25) is 24.3 Å². The fourth-order valence-electron chi connectivity index (χ4n) is 4.61. The first-order valence-corrected chi connectivity index (χ1v) is 10.3. The lowest BCUT2D eigenvalue weighted by atomic mass is 9.86. The van der Waals surface area contributed by atoms with Crippen molar-refractivity contribution >= 4 is 45.1 Å². The van der Waals surface area contributed by atoms with Crippen molar-refractivity contribution in [3.63, 3.8) is 0 Å². The third-order valence-electron chi connectivity index (χ3n) is 6.26. The number of pyridine rings is 1. The van der Waals surface area contributed by atoms with Crippen LogP contribution in [0.3, 0.4) is 0 Å². The summed E-state index contributed by atoms with van der Waals surface area (Å²) in [4.78, 5) is 52.8. The normalized spacial score (nSPS) is 21.4. The number of aromatic nitrogens is 3. The Morgan fingerprint density at radius 2 is 1.87 bits per heavy atom. The van der Waals surface area contributed by atoms with E-state index in [2.05, 4.69) is 15.0 Å². The van der Waals surface area contributed by atoms with Crippen molar-refractivity contribution in [1.29, 1.82) is 0 Å². The quantitative estimate of drug-likeness (QED) is 0.411. The number of hydrogen-bond donors (Lipinski definition) is 1. The molecule has 7 nitrogen and oxygen atoms in total. The Hall–Kier alpha value is -3.87. The summed E-state index contributed by atoms with van der Waals surface area (Å²) in [5, 5.41) is 0.897. The second kappa shape index (κ2) is 6.57. The number of benzene rings is 2. The third kappa shape index (κ3) is 2.70. The molecular formula is C24H18N4O3. The number of H-pyrrole nitrogens is 1. The number of Topliss-reactive ketones (excluding diaryl/α,β-unsaturated/α-hetero) is 2. The Bertz CT molecular complexity index is 1380. The van der Waals surface area contributed by atoms with Gasteiger partial charge in [-0.05, 0) is 37.1 Å². The maximum absolute atomic E-state index is 13.2. The van der Waals surface area contributed by atoms with Gasteiger partial charge in [-0.2, -0.15) is 0 Å². The highest BCUT2D eigenvalue weighted by Gasteiger charge is 2.55. The van der Waals surface area contributed by atoms with Gasteiger partial charge in [0.2, 0.25) is 5.78 Å². The highest BCUT2D eigenvalue weighted by Crippen LogP contribution is 2.46. The summed E-state index contributed by atoms with van der Waals surface area (Å²) in [5.74, 6) is -2.59. The van der Waals surface area contributed by atoms with E-state index >= 15 is 0 Å². The predicted octanol–water partition coefficient (Wildman–Crippen LogP) is 3.36. The van der Waals surface area contributed by atoms with Crippen molar-refractivity contribution < 1.29 is 14.4 Å². The van der Waals surface area contributed by atoms with E-state index < -0.39 is 23.7 Å². The largest absolute Gasteiger partial charge is 0.345 e. The SMILES string of the molecule is O=C1C(=O)N(c2ccc3nc[nH]c3c2)C(c2cccc3cccnc23)C1C(=O)C1CC1. The van der Waals surface area contributed by atoms with E-state index in [9.17, 15) is 14.4 Å². The number of ketones is 2. The molecule has 1 aliphatic heterocycles. The Labute approximate surface area is 177 Å². The lowest BCUT2D eigenvalue weighted by Gasteiger charge is -2.28. The number of anilines is 1. The number of aromatic amines is 1. The monoisotopic (exact) mass is 410 g/mol. The third-order valence-corrected chi connectivity index (χ3v) is 6.26. The van der Waals surface area contributed by atoms with Crippen LogP contribution in [-0.2, 0) is 14.4 Å². The number of amides is 1. The van der Waals surface area contributed by atoms with Gasteiger partial charge in [-0.1, -0.05) is 24.3 Å². The predicted molar refractivity (Wildman–Crippen MR) is 114 cm³/mol. The van der Waals surface area contributed by atoms with Crippen molar-refractivity contribution in [2.75, 3.05) is 4.90 Å². The first-order valence-electron chi connectivity index (χ1n) is 10.3. The lowest BCUT2D eigenvalue weighted by Crippen LogP contribution is -2.31. The van der Waals surface area contributed by atoms with Gasteiger partial charge < -0.3 is 4.98 Å². The van der Waals surface area contributed by atoms with Crippen LogP contribution >= 0.6 is 0 Å². The first-order chi connectivity index (χ1) is 15.1. The molecule has 3 heterocycles. The molecule has 1 saturated carbocycles. The summed E-state index contributed by atoms with van der Waals surface area (Å²) < 4.78 is 0. The van der Waals surface area contributed by atoms with Crippen LogP contribution in [0.5, 0.6) is 0 Å². The molecule has 7 heteroatoms. The van der Waals surface area contributed by atoms with Gasteiger partial charge in [0.1, 0.15) is 11.7 Å².